The van der Waals surface area contributed by atoms with Crippen molar-refractivity contribution in [1.82, 2.24) is 0 Å². The maximum atomic E-state index is 12.7. The molecule has 0 aliphatic rings. The zero-order chi connectivity index (χ0) is 42.8. The van der Waals surface area contributed by atoms with Crippen LogP contribution in [0.1, 0.15) is 245 Å². The van der Waals surface area contributed by atoms with Crippen LogP contribution < -0.4 is 0 Å². The van der Waals surface area contributed by atoms with Crippen molar-refractivity contribution in [1.29, 1.82) is 0 Å². The Morgan fingerprint density at radius 2 is 0.776 bits per heavy atom. The Labute approximate surface area is 359 Å². The molecular weight excluding hydrogens is 750 g/mol. The molecule has 346 valence electrons. The highest BCUT2D eigenvalue weighted by Gasteiger charge is 2.27. The molecule has 0 aliphatic carbocycles. The van der Waals surface area contributed by atoms with E-state index in [1.807, 2.05) is 21.1 Å². The van der Waals surface area contributed by atoms with Crippen LogP contribution in [0.3, 0.4) is 0 Å². The monoisotopic (exact) mass is 847 g/mol. The van der Waals surface area contributed by atoms with Gasteiger partial charge in [0.2, 0.25) is 0 Å². The van der Waals surface area contributed by atoms with Crippen molar-refractivity contribution in [2.45, 2.75) is 251 Å². The number of esters is 2. The van der Waals surface area contributed by atoms with Gasteiger partial charge in [0, 0.05) is 12.8 Å². The van der Waals surface area contributed by atoms with Crippen molar-refractivity contribution in [3.05, 3.63) is 0 Å². The highest BCUT2D eigenvalue weighted by molar-refractivity contribution is 7.47. The number of ether oxygens (including phenoxy) is 2. The number of likely N-dealkylation sites (N-methyl/N-ethyl adjacent to an activating group) is 1. The van der Waals surface area contributed by atoms with Crippen LogP contribution in [0.5, 0.6) is 0 Å². The molecule has 2 atom stereocenters. The van der Waals surface area contributed by atoms with Gasteiger partial charge in [0.25, 0.3) is 0 Å². The van der Waals surface area contributed by atoms with Crippen molar-refractivity contribution in [2.24, 2.45) is 0 Å². The van der Waals surface area contributed by atoms with E-state index in [2.05, 4.69) is 13.8 Å². The van der Waals surface area contributed by atoms with Gasteiger partial charge in [-0.25, -0.2) is 4.57 Å². The van der Waals surface area contributed by atoms with Crippen LogP contribution >= 0.6 is 7.82 Å². The maximum absolute atomic E-state index is 12.7. The van der Waals surface area contributed by atoms with Crippen molar-refractivity contribution in [2.75, 3.05) is 47.5 Å². The van der Waals surface area contributed by atoms with Crippen LogP contribution in [-0.2, 0) is 32.7 Å². The lowest BCUT2D eigenvalue weighted by atomic mass is 10.0. The number of carbonyl (C=O) groups excluding carboxylic acids is 2. The van der Waals surface area contributed by atoms with E-state index in [-0.39, 0.29) is 25.6 Å². The number of nitrogens with zero attached hydrogens (tertiary/aromatic N) is 1. The van der Waals surface area contributed by atoms with E-state index in [1.165, 1.54) is 180 Å². The molecule has 0 saturated heterocycles. The number of phosphoric ester groups is 1. The Bertz CT molecular complexity index is 958. The Hall–Kier alpha value is -0.990. The van der Waals surface area contributed by atoms with Gasteiger partial charge in [-0.05, 0) is 12.8 Å². The first-order chi connectivity index (χ1) is 28.0. The van der Waals surface area contributed by atoms with Crippen molar-refractivity contribution < 1.29 is 42.1 Å². The van der Waals surface area contributed by atoms with Gasteiger partial charge in [-0.2, -0.15) is 0 Å². The van der Waals surface area contributed by atoms with Crippen molar-refractivity contribution >= 4 is 19.8 Å². The summed E-state index contributed by atoms with van der Waals surface area (Å²) < 4.78 is 34.4. The first kappa shape index (κ1) is 57.0. The lowest BCUT2D eigenvalue weighted by Crippen LogP contribution is -2.37. The van der Waals surface area contributed by atoms with E-state index in [4.69, 9.17) is 18.5 Å². The molecule has 0 fully saturated rings. The van der Waals surface area contributed by atoms with Crippen molar-refractivity contribution in [3.63, 3.8) is 0 Å². The molecule has 10 heteroatoms. The van der Waals surface area contributed by atoms with Gasteiger partial charge in [-0.1, -0.05) is 219 Å². The molecule has 1 N–H and O–H groups in total. The number of hydrogen-bond acceptors (Lipinski definition) is 7. The van der Waals surface area contributed by atoms with Gasteiger partial charge >= 0.3 is 19.8 Å². The predicted molar refractivity (Wildman–Crippen MR) is 243 cm³/mol. The minimum absolute atomic E-state index is 0.0371. The van der Waals surface area contributed by atoms with Gasteiger partial charge < -0.3 is 18.9 Å². The minimum Gasteiger partial charge on any atom is -0.462 e. The average molecular weight is 847 g/mol. The second-order valence-corrected chi connectivity index (χ2v) is 19.7. The molecule has 9 nitrogen and oxygen atoms in total. The van der Waals surface area contributed by atoms with Gasteiger partial charge in [0.05, 0.1) is 27.7 Å². The zero-order valence-corrected chi connectivity index (χ0v) is 40.0. The van der Waals surface area contributed by atoms with E-state index in [0.717, 1.165) is 38.5 Å². The molecule has 0 aromatic heterocycles. The molecule has 58 heavy (non-hydrogen) atoms. The van der Waals surface area contributed by atoms with Crippen LogP contribution in [0, 0.1) is 0 Å². The number of unbranched alkanes of at least 4 members (excludes halogenated alkanes) is 32. The highest BCUT2D eigenvalue weighted by atomic mass is 31.2. The third-order valence-corrected chi connectivity index (χ3v) is 12.1. The lowest BCUT2D eigenvalue weighted by Gasteiger charge is -2.24. The number of quaternary nitrogens is 1. The summed E-state index contributed by atoms with van der Waals surface area (Å²) in [4.78, 5) is 35.5. The first-order valence-corrected chi connectivity index (χ1v) is 26.3. The molecular formula is C48H97NO8P+. The van der Waals surface area contributed by atoms with Crippen molar-refractivity contribution in [3.8, 4) is 0 Å². The SMILES string of the molecule is CCCCCCCCCCCCCCCCCCCCCCC(=O)O[C@H](COC(=O)CCCCCCCCCCCCCCCC)COP(=O)(O)OCC[N+](C)(C)C. The molecule has 0 spiro atoms. The number of hydrogen-bond donors (Lipinski definition) is 1. The largest absolute Gasteiger partial charge is 0.472 e. The van der Waals surface area contributed by atoms with E-state index in [9.17, 15) is 19.0 Å². The summed E-state index contributed by atoms with van der Waals surface area (Å²) in [5.41, 5.74) is 0. The molecule has 0 aromatic carbocycles. The van der Waals surface area contributed by atoms with Gasteiger partial charge in [0.1, 0.15) is 19.8 Å². The fourth-order valence-corrected chi connectivity index (χ4v) is 7.99. The molecule has 0 radical (unpaired) electrons. The Balaban J connectivity index is 4.21. The summed E-state index contributed by atoms with van der Waals surface area (Å²) in [6.45, 7) is 4.48. The van der Waals surface area contributed by atoms with Crippen LogP contribution in [0.25, 0.3) is 0 Å². The van der Waals surface area contributed by atoms with Crippen LogP contribution in [0.2, 0.25) is 0 Å². The van der Waals surface area contributed by atoms with E-state index in [0.29, 0.717) is 17.4 Å². The van der Waals surface area contributed by atoms with Crippen LogP contribution in [0.15, 0.2) is 0 Å². The van der Waals surface area contributed by atoms with Gasteiger partial charge in [-0.3, -0.25) is 18.6 Å². The quantitative estimate of drug-likeness (QED) is 0.0279. The third-order valence-electron chi connectivity index (χ3n) is 11.1. The van der Waals surface area contributed by atoms with E-state index >= 15 is 0 Å². The Morgan fingerprint density at radius 1 is 0.466 bits per heavy atom. The predicted octanol–water partition coefficient (Wildman–Crippen LogP) is 14.4. The molecule has 0 aliphatic heterocycles. The second-order valence-electron chi connectivity index (χ2n) is 18.2. The molecule has 0 rings (SSSR count). The summed E-state index contributed by atoms with van der Waals surface area (Å²) in [5, 5.41) is 0. The lowest BCUT2D eigenvalue weighted by molar-refractivity contribution is -0.870. The highest BCUT2D eigenvalue weighted by Crippen LogP contribution is 2.43. The normalized spacial score (nSPS) is 13.4. The maximum Gasteiger partial charge on any atom is 0.472 e. The number of rotatable bonds is 46. The number of phosphoric acid groups is 1. The standard InChI is InChI=1S/C48H96NO8P/c1-6-8-10-12-14-16-18-20-22-23-24-25-26-27-29-31-33-35-37-39-41-48(51)57-46(45-56-58(52,53)55-43-42-49(3,4)5)44-54-47(50)40-38-36-34-32-30-28-21-19-17-15-13-11-9-7-2/h46H,6-45H2,1-5H3/p+1/t46-/m1/s1. The molecule has 0 saturated carbocycles. The summed E-state index contributed by atoms with van der Waals surface area (Å²) in [6, 6.07) is 0. The summed E-state index contributed by atoms with van der Waals surface area (Å²) >= 11 is 0. The molecule has 1 unspecified atom stereocenters. The Morgan fingerprint density at radius 3 is 1.10 bits per heavy atom. The van der Waals surface area contributed by atoms with E-state index in [1.54, 1.807) is 0 Å². The summed E-state index contributed by atoms with van der Waals surface area (Å²) in [7, 11) is 1.50. The first-order valence-electron chi connectivity index (χ1n) is 24.8. The fraction of sp³-hybridized carbons (Fsp3) is 0.958. The van der Waals surface area contributed by atoms with Crippen LogP contribution in [-0.4, -0.2) is 74.9 Å². The zero-order valence-electron chi connectivity index (χ0n) is 39.1. The molecule has 0 bridgehead atoms. The fourth-order valence-electron chi connectivity index (χ4n) is 7.25. The van der Waals surface area contributed by atoms with Gasteiger partial charge in [-0.15, -0.1) is 0 Å². The molecule has 0 heterocycles. The molecule has 0 amide bonds. The van der Waals surface area contributed by atoms with Gasteiger partial charge in [0.15, 0.2) is 6.10 Å². The topological polar surface area (TPSA) is 108 Å². The van der Waals surface area contributed by atoms with E-state index < -0.39 is 26.5 Å². The smallest absolute Gasteiger partial charge is 0.462 e. The Kier molecular flexibility index (Phi) is 40.7. The molecule has 0 aromatic rings. The average Bonchev–Trinajstić information content (AvgIpc) is 3.17. The summed E-state index contributed by atoms with van der Waals surface area (Å²) in [6.07, 6.45) is 42.9. The minimum atomic E-state index is -4.37. The third kappa shape index (κ3) is 44.6. The number of carbonyl (C=O) groups is 2. The second kappa shape index (κ2) is 41.4. The summed E-state index contributed by atoms with van der Waals surface area (Å²) in [5.74, 6) is -0.779. The van der Waals surface area contributed by atoms with Crippen LogP contribution in [0.4, 0.5) is 0 Å².